The van der Waals surface area contributed by atoms with Gasteiger partial charge in [-0.1, -0.05) is 48.0 Å². The van der Waals surface area contributed by atoms with Gasteiger partial charge in [0.1, 0.15) is 0 Å². The van der Waals surface area contributed by atoms with Crippen molar-refractivity contribution in [3.63, 3.8) is 0 Å². The van der Waals surface area contributed by atoms with Crippen molar-refractivity contribution in [1.82, 2.24) is 4.90 Å². The topological polar surface area (TPSA) is 75.4 Å². The van der Waals surface area contributed by atoms with Crippen LogP contribution in [0.5, 0.6) is 0 Å². The van der Waals surface area contributed by atoms with E-state index in [1.165, 1.54) is 4.90 Å². The van der Waals surface area contributed by atoms with Crippen LogP contribution in [0.1, 0.15) is 11.1 Å². The van der Waals surface area contributed by atoms with Gasteiger partial charge in [-0.05, 0) is 31.0 Å². The molecule has 134 valence electrons. The summed E-state index contributed by atoms with van der Waals surface area (Å²) in [5.41, 5.74) is 8.79. The van der Waals surface area contributed by atoms with Crippen LogP contribution in [-0.4, -0.2) is 36.3 Å². The van der Waals surface area contributed by atoms with E-state index in [9.17, 15) is 9.59 Å². The zero-order chi connectivity index (χ0) is 17.5. The van der Waals surface area contributed by atoms with E-state index in [1.807, 2.05) is 61.5 Å². The van der Waals surface area contributed by atoms with Crippen molar-refractivity contribution >= 4 is 29.9 Å². The molecule has 5 nitrogen and oxygen atoms in total. The third-order valence-electron chi connectivity index (χ3n) is 3.71. The molecule has 0 aliphatic rings. The maximum atomic E-state index is 12.3. The van der Waals surface area contributed by atoms with Gasteiger partial charge in [0.2, 0.25) is 11.8 Å². The second kappa shape index (κ2) is 9.81. The van der Waals surface area contributed by atoms with Crippen LogP contribution >= 0.6 is 12.4 Å². The zero-order valence-electron chi connectivity index (χ0n) is 14.4. The molecule has 2 amide bonds. The van der Waals surface area contributed by atoms with Gasteiger partial charge in [-0.25, -0.2) is 0 Å². The average molecular weight is 362 g/mol. The number of rotatable bonds is 6. The number of carbonyl (C=O) groups excluding carboxylic acids is 2. The number of benzene rings is 2. The number of halogens is 1. The first-order valence-corrected chi connectivity index (χ1v) is 7.86. The van der Waals surface area contributed by atoms with Crippen LogP contribution < -0.4 is 11.1 Å². The van der Waals surface area contributed by atoms with Crippen molar-refractivity contribution in [2.45, 2.75) is 19.4 Å². The van der Waals surface area contributed by atoms with Crippen LogP contribution in [0.25, 0.3) is 0 Å². The Kier molecular flexibility index (Phi) is 8.11. The highest BCUT2D eigenvalue weighted by molar-refractivity contribution is 5.95. The van der Waals surface area contributed by atoms with Crippen molar-refractivity contribution in [1.29, 1.82) is 0 Å². The number of likely N-dealkylation sites (N-methyl/N-ethyl adjacent to an activating group) is 1. The van der Waals surface area contributed by atoms with Crippen LogP contribution in [0.3, 0.4) is 0 Å². The molecule has 3 N–H and O–H groups in total. The number of hydrogen-bond donors (Lipinski definition) is 2. The Labute approximate surface area is 154 Å². The lowest BCUT2D eigenvalue weighted by molar-refractivity contribution is -0.134. The molecule has 25 heavy (non-hydrogen) atoms. The molecule has 1 unspecified atom stereocenters. The van der Waals surface area contributed by atoms with E-state index < -0.39 is 6.04 Å². The first-order valence-electron chi connectivity index (χ1n) is 7.86. The Bertz CT molecular complexity index is 690. The highest BCUT2D eigenvalue weighted by Crippen LogP contribution is 2.09. The summed E-state index contributed by atoms with van der Waals surface area (Å²) in [6, 6.07) is 16.4. The Morgan fingerprint density at radius 1 is 1.08 bits per heavy atom. The molecule has 0 aliphatic carbocycles. The molecule has 6 heteroatoms. The van der Waals surface area contributed by atoms with Crippen molar-refractivity contribution in [3.05, 3.63) is 65.7 Å². The zero-order valence-corrected chi connectivity index (χ0v) is 15.3. The fourth-order valence-corrected chi connectivity index (χ4v) is 2.37. The number of nitrogens with zero attached hydrogens (tertiary/aromatic N) is 1. The summed E-state index contributed by atoms with van der Waals surface area (Å²) in [6.07, 6.45) is 0.448. The molecule has 0 saturated carbocycles. The lowest BCUT2D eigenvalue weighted by Gasteiger charge is -2.21. The number of nitrogens with one attached hydrogen (secondary N) is 1. The predicted octanol–water partition coefficient (Wildman–Crippen LogP) is 2.38. The van der Waals surface area contributed by atoms with Crippen LogP contribution in [0.15, 0.2) is 54.6 Å². The molecule has 0 radical (unpaired) electrons. The van der Waals surface area contributed by atoms with Crippen LogP contribution in [0, 0.1) is 6.92 Å². The standard InChI is InChI=1S/C19H23N3O2.ClH/c1-14-8-10-16(11-9-14)21-18(23)13-22(2)19(24)17(20)12-15-6-4-3-5-7-15;/h3-11,17H,12-13,20H2,1-2H3,(H,21,23);1H. The Balaban J connectivity index is 0.00000312. The summed E-state index contributed by atoms with van der Waals surface area (Å²) in [6.45, 7) is 1.95. The summed E-state index contributed by atoms with van der Waals surface area (Å²) in [4.78, 5) is 25.7. The smallest absolute Gasteiger partial charge is 0.243 e. The fourth-order valence-electron chi connectivity index (χ4n) is 2.37. The molecule has 1 atom stereocenters. The molecule has 2 aromatic rings. The number of nitrogens with two attached hydrogens (primary N) is 1. The molecular weight excluding hydrogens is 338 g/mol. The average Bonchev–Trinajstić information content (AvgIpc) is 2.57. The highest BCUT2D eigenvalue weighted by atomic mass is 35.5. The van der Waals surface area contributed by atoms with E-state index in [-0.39, 0.29) is 30.8 Å². The van der Waals surface area contributed by atoms with Crippen LogP contribution in [0.4, 0.5) is 5.69 Å². The summed E-state index contributed by atoms with van der Waals surface area (Å²) in [5, 5.41) is 2.77. The number of aryl methyl sites for hydroxylation is 1. The maximum absolute atomic E-state index is 12.3. The molecule has 2 rings (SSSR count). The number of carbonyl (C=O) groups is 2. The summed E-state index contributed by atoms with van der Waals surface area (Å²) < 4.78 is 0. The molecular formula is C19H24ClN3O2. The van der Waals surface area contributed by atoms with Crippen LogP contribution in [0.2, 0.25) is 0 Å². The summed E-state index contributed by atoms with van der Waals surface area (Å²) >= 11 is 0. The molecule has 0 fully saturated rings. The second-order valence-corrected chi connectivity index (χ2v) is 5.90. The molecule has 0 saturated heterocycles. The molecule has 2 aromatic carbocycles. The summed E-state index contributed by atoms with van der Waals surface area (Å²) in [5.74, 6) is -0.500. The van der Waals surface area contributed by atoms with E-state index in [1.54, 1.807) is 7.05 Å². The molecule has 0 bridgehead atoms. The minimum absolute atomic E-state index is 0. The SMILES string of the molecule is Cc1ccc(NC(=O)CN(C)C(=O)C(N)Cc2ccccc2)cc1.Cl. The largest absolute Gasteiger partial charge is 0.335 e. The highest BCUT2D eigenvalue weighted by Gasteiger charge is 2.20. The number of amides is 2. The fraction of sp³-hybridized carbons (Fsp3) is 0.263. The third kappa shape index (κ3) is 6.57. The van der Waals surface area contributed by atoms with E-state index >= 15 is 0 Å². The first kappa shape index (κ1) is 20.7. The second-order valence-electron chi connectivity index (χ2n) is 5.90. The van der Waals surface area contributed by atoms with Crippen molar-refractivity contribution < 1.29 is 9.59 Å². The minimum atomic E-state index is -0.662. The van der Waals surface area contributed by atoms with Gasteiger partial charge in [0, 0.05) is 12.7 Å². The Morgan fingerprint density at radius 3 is 2.28 bits per heavy atom. The normalized spacial score (nSPS) is 11.2. The molecule has 0 heterocycles. The third-order valence-corrected chi connectivity index (χ3v) is 3.71. The minimum Gasteiger partial charge on any atom is -0.335 e. The Hall–Kier alpha value is -2.37. The van der Waals surface area contributed by atoms with E-state index in [0.29, 0.717) is 12.1 Å². The number of hydrogen-bond acceptors (Lipinski definition) is 3. The van der Waals surface area contributed by atoms with Gasteiger partial charge in [-0.15, -0.1) is 12.4 Å². The molecule has 0 spiro atoms. The van der Waals surface area contributed by atoms with Gasteiger partial charge in [0.05, 0.1) is 12.6 Å². The maximum Gasteiger partial charge on any atom is 0.243 e. The monoisotopic (exact) mass is 361 g/mol. The summed E-state index contributed by atoms with van der Waals surface area (Å²) in [7, 11) is 1.59. The van der Waals surface area contributed by atoms with Crippen molar-refractivity contribution in [2.24, 2.45) is 5.73 Å². The van der Waals surface area contributed by atoms with E-state index in [2.05, 4.69) is 5.32 Å². The first-order chi connectivity index (χ1) is 11.5. The lowest BCUT2D eigenvalue weighted by atomic mass is 10.1. The van der Waals surface area contributed by atoms with Gasteiger partial charge in [0.25, 0.3) is 0 Å². The lowest BCUT2D eigenvalue weighted by Crippen LogP contribution is -2.45. The van der Waals surface area contributed by atoms with Gasteiger partial charge < -0.3 is 16.0 Å². The van der Waals surface area contributed by atoms with Crippen LogP contribution in [-0.2, 0) is 16.0 Å². The number of anilines is 1. The Morgan fingerprint density at radius 2 is 1.68 bits per heavy atom. The molecule has 0 aromatic heterocycles. The van der Waals surface area contributed by atoms with Gasteiger partial charge >= 0.3 is 0 Å². The predicted molar refractivity (Wildman–Crippen MR) is 103 cm³/mol. The molecule has 0 aliphatic heterocycles. The quantitative estimate of drug-likeness (QED) is 0.829. The van der Waals surface area contributed by atoms with Gasteiger partial charge in [0.15, 0.2) is 0 Å². The van der Waals surface area contributed by atoms with Crippen molar-refractivity contribution in [2.75, 3.05) is 18.9 Å². The van der Waals surface area contributed by atoms with Gasteiger partial charge in [-0.3, -0.25) is 9.59 Å². The van der Waals surface area contributed by atoms with E-state index in [0.717, 1.165) is 11.1 Å². The van der Waals surface area contributed by atoms with Crippen molar-refractivity contribution in [3.8, 4) is 0 Å². The van der Waals surface area contributed by atoms with Gasteiger partial charge in [-0.2, -0.15) is 0 Å². The van der Waals surface area contributed by atoms with E-state index in [4.69, 9.17) is 5.73 Å².